The van der Waals surface area contributed by atoms with Crippen molar-refractivity contribution in [3.63, 3.8) is 0 Å². The van der Waals surface area contributed by atoms with Crippen LogP contribution < -0.4 is 10.9 Å². The molecule has 0 spiro atoms. The standard InChI is InChI=1S/C30H35BrN4O4/c1-3-39-33-27(20-7-9-22(31)10-8-20)21-11-15-35(16-12-21)30(2)13-17-34(18-14-30)29(38)24-19-26(37)23-5-4-6-25(36)28(23)32-24/h4-10,19,33,36H,3,11-18H2,1-2H3,(H,32,37). The smallest absolute Gasteiger partial charge is 0.270 e. The Bertz CT molecular complexity index is 1430. The van der Waals surface area contributed by atoms with E-state index in [1.807, 2.05) is 24.0 Å². The van der Waals surface area contributed by atoms with Crippen molar-refractivity contribution in [1.29, 1.82) is 0 Å². The minimum absolute atomic E-state index is 0.00247. The summed E-state index contributed by atoms with van der Waals surface area (Å²) in [4.78, 5) is 38.8. The normalized spacial score (nSPS) is 17.8. The number of rotatable bonds is 6. The zero-order valence-corrected chi connectivity index (χ0v) is 24.0. The number of benzene rings is 2. The van der Waals surface area contributed by atoms with E-state index in [0.29, 0.717) is 30.6 Å². The van der Waals surface area contributed by atoms with E-state index in [1.54, 1.807) is 12.1 Å². The van der Waals surface area contributed by atoms with Gasteiger partial charge in [-0.25, -0.2) is 0 Å². The molecule has 2 aliphatic rings. The van der Waals surface area contributed by atoms with Crippen LogP contribution in [-0.2, 0) is 4.84 Å². The SMILES string of the molecule is CCONC(=C1CCN(C2(C)CCN(C(=O)c3cc(=O)c4cccc(O)c4[nH]3)CC2)CC1)c1ccc(Br)cc1. The monoisotopic (exact) mass is 594 g/mol. The second-order valence-electron chi connectivity index (χ2n) is 10.5. The van der Waals surface area contributed by atoms with Gasteiger partial charge in [-0.15, -0.1) is 0 Å². The molecule has 0 radical (unpaired) electrons. The number of phenols is 1. The molecule has 206 valence electrons. The maximum Gasteiger partial charge on any atom is 0.270 e. The van der Waals surface area contributed by atoms with Gasteiger partial charge in [-0.05, 0) is 74.9 Å². The summed E-state index contributed by atoms with van der Waals surface area (Å²) in [5, 5.41) is 10.6. The predicted molar refractivity (Wildman–Crippen MR) is 156 cm³/mol. The second-order valence-corrected chi connectivity index (χ2v) is 11.5. The number of aromatic nitrogens is 1. The summed E-state index contributed by atoms with van der Waals surface area (Å²) in [6.45, 7) is 7.99. The zero-order chi connectivity index (χ0) is 27.6. The first-order valence-electron chi connectivity index (χ1n) is 13.5. The van der Waals surface area contributed by atoms with Crippen LogP contribution >= 0.6 is 15.9 Å². The van der Waals surface area contributed by atoms with Crippen molar-refractivity contribution in [2.75, 3.05) is 32.8 Å². The number of phenolic OH excluding ortho intramolecular Hbond substituents is 1. The molecular formula is C30H35BrN4O4. The molecular weight excluding hydrogens is 560 g/mol. The molecule has 3 N–H and O–H groups in total. The van der Waals surface area contributed by atoms with Gasteiger partial charge in [0.05, 0.1) is 17.8 Å². The average Bonchev–Trinajstić information content (AvgIpc) is 2.95. The lowest BCUT2D eigenvalue weighted by molar-refractivity contribution is 0.0253. The molecule has 0 bridgehead atoms. The van der Waals surface area contributed by atoms with Crippen LogP contribution in [0.25, 0.3) is 16.6 Å². The van der Waals surface area contributed by atoms with Gasteiger partial charge in [-0.1, -0.05) is 34.1 Å². The molecule has 0 saturated carbocycles. The highest BCUT2D eigenvalue weighted by Gasteiger charge is 2.38. The first kappa shape index (κ1) is 27.4. The average molecular weight is 596 g/mol. The summed E-state index contributed by atoms with van der Waals surface area (Å²) in [5.74, 6) is -0.243. The molecule has 2 aliphatic heterocycles. The van der Waals surface area contributed by atoms with Gasteiger partial charge in [0.15, 0.2) is 5.43 Å². The van der Waals surface area contributed by atoms with Gasteiger partial charge < -0.3 is 15.0 Å². The van der Waals surface area contributed by atoms with E-state index in [9.17, 15) is 14.7 Å². The summed E-state index contributed by atoms with van der Waals surface area (Å²) >= 11 is 3.52. The topological polar surface area (TPSA) is 97.9 Å². The van der Waals surface area contributed by atoms with Gasteiger partial charge >= 0.3 is 0 Å². The number of carbonyl (C=O) groups is 1. The van der Waals surface area contributed by atoms with Crippen molar-refractivity contribution in [2.24, 2.45) is 0 Å². The Morgan fingerprint density at radius 1 is 1.10 bits per heavy atom. The van der Waals surface area contributed by atoms with Crippen LogP contribution in [0.15, 0.2) is 63.4 Å². The number of halogens is 1. The van der Waals surface area contributed by atoms with Crippen LogP contribution in [0.3, 0.4) is 0 Å². The van der Waals surface area contributed by atoms with Gasteiger partial charge in [0.2, 0.25) is 0 Å². The number of hydrogen-bond donors (Lipinski definition) is 3. The first-order chi connectivity index (χ1) is 18.8. The largest absolute Gasteiger partial charge is 0.506 e. The fourth-order valence-electron chi connectivity index (χ4n) is 5.71. The van der Waals surface area contributed by atoms with E-state index >= 15 is 0 Å². The second kappa shape index (κ2) is 11.5. The lowest BCUT2D eigenvalue weighted by Crippen LogP contribution is -2.56. The van der Waals surface area contributed by atoms with Gasteiger partial charge in [0, 0.05) is 47.6 Å². The number of piperidine rings is 2. The zero-order valence-electron chi connectivity index (χ0n) is 22.4. The molecule has 3 aromatic rings. The fraction of sp³-hybridized carbons (Fsp3) is 0.400. The van der Waals surface area contributed by atoms with E-state index in [-0.39, 0.29) is 28.3 Å². The van der Waals surface area contributed by atoms with E-state index in [0.717, 1.165) is 54.5 Å². The fourth-order valence-corrected chi connectivity index (χ4v) is 5.98. The van der Waals surface area contributed by atoms with Crippen LogP contribution in [0.4, 0.5) is 0 Å². The minimum atomic E-state index is -0.275. The third kappa shape index (κ3) is 5.76. The van der Waals surface area contributed by atoms with Crippen LogP contribution in [-0.4, -0.2) is 64.1 Å². The molecule has 0 atom stereocenters. The molecule has 0 unspecified atom stereocenters. The number of likely N-dealkylation sites (tertiary alicyclic amines) is 2. The maximum absolute atomic E-state index is 13.3. The Kier molecular flexibility index (Phi) is 8.11. The Morgan fingerprint density at radius 2 is 1.79 bits per heavy atom. The summed E-state index contributed by atoms with van der Waals surface area (Å²) in [5.41, 5.74) is 6.98. The molecule has 2 aromatic carbocycles. The summed E-state index contributed by atoms with van der Waals surface area (Å²) < 4.78 is 1.05. The van der Waals surface area contributed by atoms with Gasteiger partial charge in [-0.3, -0.25) is 24.8 Å². The molecule has 0 aliphatic carbocycles. The molecule has 39 heavy (non-hydrogen) atoms. The predicted octanol–water partition coefficient (Wildman–Crippen LogP) is 5.04. The maximum atomic E-state index is 13.3. The minimum Gasteiger partial charge on any atom is -0.506 e. The number of pyridine rings is 1. The Morgan fingerprint density at radius 3 is 2.46 bits per heavy atom. The van der Waals surface area contributed by atoms with Crippen molar-refractivity contribution < 1.29 is 14.7 Å². The highest BCUT2D eigenvalue weighted by atomic mass is 79.9. The van der Waals surface area contributed by atoms with Crippen molar-refractivity contribution in [2.45, 2.75) is 45.1 Å². The molecule has 5 rings (SSSR count). The van der Waals surface area contributed by atoms with Gasteiger partial charge in [0.1, 0.15) is 11.4 Å². The number of aromatic hydroxyl groups is 1. The lowest BCUT2D eigenvalue weighted by atomic mass is 9.85. The Hall–Kier alpha value is -3.14. The molecule has 2 saturated heterocycles. The molecule has 1 amide bonds. The number of nitrogens with one attached hydrogen (secondary N) is 2. The van der Waals surface area contributed by atoms with Crippen molar-refractivity contribution in [3.8, 4) is 5.75 Å². The molecule has 3 heterocycles. The van der Waals surface area contributed by atoms with E-state index in [1.165, 1.54) is 17.7 Å². The number of para-hydroxylation sites is 1. The van der Waals surface area contributed by atoms with E-state index in [2.05, 4.69) is 50.4 Å². The number of amides is 1. The highest BCUT2D eigenvalue weighted by molar-refractivity contribution is 9.10. The number of nitrogens with zero attached hydrogens (tertiary/aromatic N) is 2. The quantitative estimate of drug-likeness (QED) is 0.346. The molecule has 9 heteroatoms. The molecule has 1 aromatic heterocycles. The number of hydrogen-bond acceptors (Lipinski definition) is 6. The third-order valence-electron chi connectivity index (χ3n) is 8.14. The Labute approximate surface area is 236 Å². The highest BCUT2D eigenvalue weighted by Crippen LogP contribution is 2.34. The number of carbonyl (C=O) groups excluding carboxylic acids is 1. The van der Waals surface area contributed by atoms with Gasteiger partial charge in [0.25, 0.3) is 5.91 Å². The summed E-state index contributed by atoms with van der Waals surface area (Å²) in [6.07, 6.45) is 3.62. The number of fused-ring (bicyclic) bond motifs is 1. The first-order valence-corrected chi connectivity index (χ1v) is 14.3. The number of aromatic amines is 1. The summed E-state index contributed by atoms with van der Waals surface area (Å²) in [6, 6.07) is 14.4. The number of hydroxylamine groups is 1. The number of H-pyrrole nitrogens is 1. The lowest BCUT2D eigenvalue weighted by Gasteiger charge is -2.48. The van der Waals surface area contributed by atoms with E-state index < -0.39 is 0 Å². The molecule has 2 fully saturated rings. The third-order valence-corrected chi connectivity index (χ3v) is 8.67. The van der Waals surface area contributed by atoms with Crippen LogP contribution in [0.1, 0.15) is 55.6 Å². The van der Waals surface area contributed by atoms with Crippen molar-refractivity contribution in [3.05, 3.63) is 80.1 Å². The van der Waals surface area contributed by atoms with Crippen molar-refractivity contribution >= 4 is 38.4 Å². The summed E-state index contributed by atoms with van der Waals surface area (Å²) in [7, 11) is 0. The van der Waals surface area contributed by atoms with Crippen LogP contribution in [0.2, 0.25) is 0 Å². The van der Waals surface area contributed by atoms with Gasteiger partial charge in [-0.2, -0.15) is 0 Å². The van der Waals surface area contributed by atoms with Crippen molar-refractivity contribution in [1.82, 2.24) is 20.3 Å². The van der Waals surface area contributed by atoms with Crippen LogP contribution in [0, 0.1) is 0 Å². The van der Waals surface area contributed by atoms with Crippen LogP contribution in [0.5, 0.6) is 5.75 Å². The Balaban J connectivity index is 1.25. The molecule has 8 nitrogen and oxygen atoms in total. The van der Waals surface area contributed by atoms with E-state index in [4.69, 9.17) is 4.84 Å².